The summed E-state index contributed by atoms with van der Waals surface area (Å²) in [5.74, 6) is -3.06. The number of carbonyl (C=O) groups excluding carboxylic acids is 1. The fourth-order valence-electron chi connectivity index (χ4n) is 5.36. The predicted octanol–water partition coefficient (Wildman–Crippen LogP) is 4.96. The number of hydrogen-bond acceptors (Lipinski definition) is 5. The number of hydrogen-bond donors (Lipinski definition) is 0. The van der Waals surface area contributed by atoms with Gasteiger partial charge in [0.15, 0.2) is 11.6 Å². The molecule has 0 bridgehead atoms. The number of aromatic nitrogens is 2. The molecule has 0 N–H and O–H groups in total. The van der Waals surface area contributed by atoms with Crippen LogP contribution in [0.25, 0.3) is 0 Å². The van der Waals surface area contributed by atoms with E-state index in [0.717, 1.165) is 12.7 Å². The lowest BCUT2D eigenvalue weighted by molar-refractivity contribution is -0.180. The molecular weight excluding hydrogens is 493 g/mol. The van der Waals surface area contributed by atoms with Gasteiger partial charge in [0.25, 0.3) is 0 Å². The Morgan fingerprint density at radius 3 is 2.29 bits per heavy atom. The van der Waals surface area contributed by atoms with Gasteiger partial charge in [-0.25, -0.2) is 14.4 Å². The van der Waals surface area contributed by atoms with Gasteiger partial charge in [0.1, 0.15) is 12.1 Å². The molecule has 188 valence electrons. The zero-order chi connectivity index (χ0) is 25.0. The van der Waals surface area contributed by atoms with Crippen LogP contribution in [0.3, 0.4) is 0 Å². The van der Waals surface area contributed by atoms with E-state index >= 15 is 4.39 Å². The second kappa shape index (κ2) is 8.76. The summed E-state index contributed by atoms with van der Waals surface area (Å²) in [4.78, 5) is 25.5. The van der Waals surface area contributed by atoms with E-state index in [1.54, 1.807) is 15.9 Å². The molecule has 0 atom stereocenters. The van der Waals surface area contributed by atoms with Crippen LogP contribution in [-0.4, -0.2) is 53.8 Å². The smallest absolute Gasteiger partial charge is 0.354 e. The first-order chi connectivity index (χ1) is 16.6. The number of carbonyl (C=O) groups is 1. The van der Waals surface area contributed by atoms with Crippen LogP contribution in [0, 0.1) is 17.6 Å². The number of halogens is 6. The summed E-state index contributed by atoms with van der Waals surface area (Å²) in [7, 11) is 0. The zero-order valence-electron chi connectivity index (χ0n) is 18.7. The van der Waals surface area contributed by atoms with Gasteiger partial charge < -0.3 is 14.7 Å². The Morgan fingerprint density at radius 2 is 1.66 bits per heavy atom. The van der Waals surface area contributed by atoms with Crippen molar-refractivity contribution in [1.29, 1.82) is 0 Å². The molecule has 0 saturated carbocycles. The maximum atomic E-state index is 15.3. The minimum Gasteiger partial charge on any atom is -0.354 e. The van der Waals surface area contributed by atoms with Crippen LogP contribution in [0.5, 0.6) is 0 Å². The minimum atomic E-state index is -4.32. The van der Waals surface area contributed by atoms with Crippen molar-refractivity contribution >= 4 is 34.8 Å². The SMILES string of the molecule is O=C1CCCC2(CCN(c3ncnc(N4CC(C(F)(F)F)C4)c3F)CC2)N1c1ccc(Cl)c(F)c1. The summed E-state index contributed by atoms with van der Waals surface area (Å²) in [6.07, 6.45) is -0.377. The number of rotatable bonds is 3. The lowest BCUT2D eigenvalue weighted by Gasteiger charge is -2.51. The molecule has 3 fully saturated rings. The molecule has 1 aromatic heterocycles. The highest BCUT2D eigenvalue weighted by Crippen LogP contribution is 2.43. The van der Waals surface area contributed by atoms with Crippen molar-refractivity contribution in [2.45, 2.75) is 43.8 Å². The Labute approximate surface area is 203 Å². The van der Waals surface area contributed by atoms with E-state index in [1.807, 2.05) is 0 Å². The van der Waals surface area contributed by atoms with Gasteiger partial charge >= 0.3 is 6.18 Å². The summed E-state index contributed by atoms with van der Waals surface area (Å²) in [6, 6.07) is 4.31. The monoisotopic (exact) mass is 515 g/mol. The van der Waals surface area contributed by atoms with Gasteiger partial charge in [-0.05, 0) is 43.9 Å². The third-order valence-corrected chi connectivity index (χ3v) is 7.61. The maximum Gasteiger partial charge on any atom is 0.395 e. The average molecular weight is 516 g/mol. The number of benzene rings is 1. The van der Waals surface area contributed by atoms with E-state index in [4.69, 9.17) is 11.6 Å². The molecule has 3 aliphatic heterocycles. The Morgan fingerprint density at radius 1 is 1.00 bits per heavy atom. The molecule has 3 saturated heterocycles. The highest BCUT2D eigenvalue weighted by Gasteiger charge is 2.49. The third kappa shape index (κ3) is 4.28. The number of amides is 1. The Hall–Kier alpha value is -2.69. The van der Waals surface area contributed by atoms with Gasteiger partial charge in [0.2, 0.25) is 11.7 Å². The second-order valence-electron chi connectivity index (χ2n) is 9.37. The topological polar surface area (TPSA) is 52.6 Å². The largest absolute Gasteiger partial charge is 0.395 e. The van der Waals surface area contributed by atoms with Crippen LogP contribution in [-0.2, 0) is 4.79 Å². The van der Waals surface area contributed by atoms with E-state index in [9.17, 15) is 22.4 Å². The number of piperidine rings is 2. The van der Waals surface area contributed by atoms with Crippen molar-refractivity contribution in [3.05, 3.63) is 41.2 Å². The molecule has 0 aliphatic carbocycles. The molecule has 1 spiro atoms. The summed E-state index contributed by atoms with van der Waals surface area (Å²) < 4.78 is 68.0. The van der Waals surface area contributed by atoms with Crippen LogP contribution >= 0.6 is 11.6 Å². The van der Waals surface area contributed by atoms with Crippen molar-refractivity contribution in [3.8, 4) is 0 Å². The molecule has 6 nitrogen and oxygen atoms in total. The van der Waals surface area contributed by atoms with Crippen LogP contribution < -0.4 is 14.7 Å². The molecule has 0 radical (unpaired) electrons. The number of anilines is 3. The van der Waals surface area contributed by atoms with Crippen molar-refractivity contribution in [1.82, 2.24) is 9.97 Å². The third-order valence-electron chi connectivity index (χ3n) is 7.31. The first-order valence-electron chi connectivity index (χ1n) is 11.4. The molecule has 2 aromatic rings. The van der Waals surface area contributed by atoms with Crippen molar-refractivity contribution < 1.29 is 26.7 Å². The summed E-state index contributed by atoms with van der Waals surface area (Å²) >= 11 is 5.82. The molecule has 4 heterocycles. The average Bonchev–Trinajstić information content (AvgIpc) is 2.76. The van der Waals surface area contributed by atoms with Crippen LogP contribution in [0.2, 0.25) is 5.02 Å². The van der Waals surface area contributed by atoms with Crippen molar-refractivity contribution in [3.63, 3.8) is 0 Å². The minimum absolute atomic E-state index is 0.0270. The Bertz CT molecular complexity index is 1130. The fraction of sp³-hybridized carbons (Fsp3) is 0.522. The first kappa shape index (κ1) is 24.0. The van der Waals surface area contributed by atoms with E-state index in [1.165, 1.54) is 17.0 Å². The summed E-state index contributed by atoms with van der Waals surface area (Å²) in [5, 5.41) is -0.0270. The Balaban J connectivity index is 1.34. The van der Waals surface area contributed by atoms with Crippen molar-refractivity contribution in [2.75, 3.05) is 40.9 Å². The molecule has 1 aromatic carbocycles. The maximum absolute atomic E-state index is 15.3. The number of alkyl halides is 3. The zero-order valence-corrected chi connectivity index (χ0v) is 19.4. The summed E-state index contributed by atoms with van der Waals surface area (Å²) in [6.45, 7) is 0.0697. The lowest BCUT2D eigenvalue weighted by Crippen LogP contribution is -2.60. The highest BCUT2D eigenvalue weighted by atomic mass is 35.5. The molecule has 0 unspecified atom stereocenters. The van der Waals surface area contributed by atoms with E-state index in [-0.39, 0.29) is 35.7 Å². The lowest BCUT2D eigenvalue weighted by atomic mass is 9.78. The normalized spacial score (nSPS) is 21.0. The van der Waals surface area contributed by atoms with Gasteiger partial charge in [-0.15, -0.1) is 0 Å². The molecular formula is C23H23ClF5N5O. The van der Waals surface area contributed by atoms with E-state index < -0.39 is 29.3 Å². The van der Waals surface area contributed by atoms with E-state index in [2.05, 4.69) is 9.97 Å². The van der Waals surface area contributed by atoms with Crippen LogP contribution in [0.15, 0.2) is 24.5 Å². The molecule has 5 rings (SSSR count). The summed E-state index contributed by atoms with van der Waals surface area (Å²) in [5.41, 5.74) is -0.104. The molecule has 35 heavy (non-hydrogen) atoms. The predicted molar refractivity (Wildman–Crippen MR) is 121 cm³/mol. The van der Waals surface area contributed by atoms with Crippen molar-refractivity contribution in [2.24, 2.45) is 5.92 Å². The highest BCUT2D eigenvalue weighted by molar-refractivity contribution is 6.30. The second-order valence-corrected chi connectivity index (χ2v) is 9.78. The van der Waals surface area contributed by atoms with Crippen LogP contribution in [0.4, 0.5) is 39.3 Å². The molecule has 1 amide bonds. The van der Waals surface area contributed by atoms with Gasteiger partial charge in [0, 0.05) is 38.3 Å². The quantitative estimate of drug-likeness (QED) is 0.541. The first-order valence-corrected chi connectivity index (χ1v) is 11.8. The van der Waals surface area contributed by atoms with Gasteiger partial charge in [-0.2, -0.15) is 17.6 Å². The van der Waals surface area contributed by atoms with E-state index in [0.29, 0.717) is 44.5 Å². The number of nitrogens with zero attached hydrogens (tertiary/aromatic N) is 5. The van der Waals surface area contributed by atoms with Crippen LogP contribution in [0.1, 0.15) is 32.1 Å². The molecule has 12 heteroatoms. The standard InChI is InChI=1S/C23H23ClF5N5O/c24-16-4-3-15(10-17(16)25)34-18(35)2-1-5-22(34)6-8-32(9-7-22)20-19(26)21(31-13-30-20)33-11-14(12-33)23(27,28)29/h3-4,10,13-14H,1-2,5-9,11-12H2. The Kier molecular flexibility index (Phi) is 6.01. The van der Waals surface area contributed by atoms with Gasteiger partial charge in [-0.3, -0.25) is 4.79 Å². The van der Waals surface area contributed by atoms with Gasteiger partial charge in [0.05, 0.1) is 16.5 Å². The molecule has 3 aliphatic rings. The van der Waals surface area contributed by atoms with Gasteiger partial charge in [-0.1, -0.05) is 11.6 Å². The fourth-order valence-corrected chi connectivity index (χ4v) is 5.48.